The van der Waals surface area contributed by atoms with E-state index < -0.39 is 69.9 Å². The quantitative estimate of drug-likeness (QED) is 0.379. The van der Waals surface area contributed by atoms with Crippen LogP contribution in [0.4, 0.5) is 65.9 Å². The fourth-order valence-electron chi connectivity index (χ4n) is 1.82. The van der Waals surface area contributed by atoms with Gasteiger partial charge >= 0.3 is 35.8 Å². The third-order valence-electron chi connectivity index (χ3n) is 3.65. The van der Waals surface area contributed by atoms with Crippen LogP contribution in [0.3, 0.4) is 0 Å². The monoisotopic (exact) mass is 517 g/mol. The van der Waals surface area contributed by atoms with E-state index in [9.17, 15) is 74.3 Å². The van der Waals surface area contributed by atoms with Gasteiger partial charge in [0.25, 0.3) is 15.2 Å². The molecule has 0 radical (unpaired) electrons. The van der Waals surface area contributed by atoms with Gasteiger partial charge in [-0.2, -0.15) is 65.8 Å². The summed E-state index contributed by atoms with van der Waals surface area (Å²) in [6.45, 7) is 0.0564. The predicted molar refractivity (Wildman–Crippen MR) is 71.9 cm³/mol. The van der Waals surface area contributed by atoms with Crippen molar-refractivity contribution in [1.82, 2.24) is 4.31 Å². The number of halogens is 15. The molecule has 19 heteroatoms. The zero-order valence-corrected chi connectivity index (χ0v) is 15.6. The van der Waals surface area contributed by atoms with Crippen molar-refractivity contribution in [3.8, 4) is 0 Å². The Morgan fingerprint density at radius 1 is 0.645 bits per heavy atom. The average molecular weight is 517 g/mol. The number of alkyl halides is 13. The van der Waals surface area contributed by atoms with Crippen LogP contribution < -0.4 is 0 Å². The molecule has 31 heavy (non-hydrogen) atoms. The fourth-order valence-corrected chi connectivity index (χ4v) is 3.08. The van der Waals surface area contributed by atoms with Crippen LogP contribution in [0.15, 0.2) is 11.0 Å². The van der Waals surface area contributed by atoms with Crippen LogP contribution in [0, 0.1) is 0 Å². The first-order valence-electron chi connectivity index (χ1n) is 7.35. The van der Waals surface area contributed by atoms with Crippen molar-refractivity contribution in [3.05, 3.63) is 11.0 Å². The van der Waals surface area contributed by atoms with Crippen molar-refractivity contribution in [3.63, 3.8) is 0 Å². The second-order valence-corrected chi connectivity index (χ2v) is 7.37. The minimum absolute atomic E-state index is 0.235. The molecule has 0 aliphatic carbocycles. The molecule has 0 amide bonds. The molecule has 0 spiro atoms. The smallest absolute Gasteiger partial charge is 0.204 e. The van der Waals surface area contributed by atoms with E-state index in [2.05, 4.69) is 0 Å². The van der Waals surface area contributed by atoms with Crippen LogP contribution in [0.5, 0.6) is 0 Å². The molecule has 0 N–H and O–H groups in total. The van der Waals surface area contributed by atoms with Crippen LogP contribution in [0.1, 0.15) is 13.8 Å². The molecule has 0 heterocycles. The molecule has 0 aromatic rings. The average Bonchev–Trinajstić information content (AvgIpc) is 2.59. The molecule has 0 rings (SSSR count). The highest BCUT2D eigenvalue weighted by Crippen LogP contribution is 2.61. The standard InChI is InChI=1S/C12H10F15NO2S/c1-3-28(4-2)31(29,30)6(14)5(13)7(15,16)8(17,18)9(19,20)10(21,22)11(23,24)12(25,26)27/h3-4H2,1-2H3. The highest BCUT2D eigenvalue weighted by atomic mass is 32.2. The molecule has 0 unspecified atom stereocenters. The molecule has 0 aliphatic rings. The van der Waals surface area contributed by atoms with Gasteiger partial charge in [0.05, 0.1) is 0 Å². The number of hydrogen-bond donors (Lipinski definition) is 0. The van der Waals surface area contributed by atoms with Gasteiger partial charge in [-0.3, -0.25) is 0 Å². The van der Waals surface area contributed by atoms with Gasteiger partial charge < -0.3 is 0 Å². The highest BCUT2D eigenvalue weighted by molar-refractivity contribution is 7.92. The second kappa shape index (κ2) is 8.18. The summed E-state index contributed by atoms with van der Waals surface area (Å²) < 4.78 is 218. The van der Waals surface area contributed by atoms with Crippen LogP contribution in [0.25, 0.3) is 0 Å². The zero-order valence-electron chi connectivity index (χ0n) is 14.8. The summed E-state index contributed by atoms with van der Waals surface area (Å²) in [7, 11) is -6.08. The lowest BCUT2D eigenvalue weighted by molar-refractivity contribution is -0.437. The molecule has 0 atom stereocenters. The molecular weight excluding hydrogens is 507 g/mol. The van der Waals surface area contributed by atoms with E-state index in [1.807, 2.05) is 0 Å². The van der Waals surface area contributed by atoms with Crippen molar-refractivity contribution in [2.75, 3.05) is 13.1 Å². The van der Waals surface area contributed by atoms with Crippen molar-refractivity contribution in [2.24, 2.45) is 0 Å². The van der Waals surface area contributed by atoms with Crippen LogP contribution in [-0.2, 0) is 10.0 Å². The maximum atomic E-state index is 13.6. The van der Waals surface area contributed by atoms with Crippen molar-refractivity contribution < 1.29 is 74.3 Å². The van der Waals surface area contributed by atoms with Gasteiger partial charge in [0.15, 0.2) is 0 Å². The second-order valence-electron chi connectivity index (χ2n) is 5.55. The van der Waals surface area contributed by atoms with Crippen molar-refractivity contribution >= 4 is 10.0 Å². The van der Waals surface area contributed by atoms with E-state index in [-0.39, 0.29) is 4.31 Å². The maximum Gasteiger partial charge on any atom is 0.460 e. The molecule has 0 saturated carbocycles. The SMILES string of the molecule is CCN(CC)S(=O)(=O)C(F)=C(F)C(F)(F)C(F)(F)C(F)(F)C(F)(F)C(F)(F)C(F)(F)F. The summed E-state index contributed by atoms with van der Waals surface area (Å²) in [4.78, 5) is 0. The Morgan fingerprint density at radius 3 is 1.26 bits per heavy atom. The first-order chi connectivity index (χ1) is 13.3. The molecule has 0 fully saturated rings. The van der Waals surface area contributed by atoms with Gasteiger partial charge in [-0.25, -0.2) is 12.8 Å². The lowest BCUT2D eigenvalue weighted by atomic mass is 9.93. The fraction of sp³-hybridized carbons (Fsp3) is 0.833. The summed E-state index contributed by atoms with van der Waals surface area (Å²) in [6, 6.07) is 0. The van der Waals surface area contributed by atoms with Gasteiger partial charge in [0.2, 0.25) is 5.83 Å². The number of rotatable bonds is 9. The topological polar surface area (TPSA) is 37.4 Å². The summed E-state index contributed by atoms with van der Waals surface area (Å²) >= 11 is 0. The minimum atomic E-state index is -8.39. The Labute approximate surface area is 163 Å². The summed E-state index contributed by atoms with van der Waals surface area (Å²) in [5, 5.41) is -3.89. The Morgan fingerprint density at radius 2 is 0.968 bits per heavy atom. The lowest BCUT2D eigenvalue weighted by Gasteiger charge is -2.39. The van der Waals surface area contributed by atoms with E-state index in [1.165, 1.54) is 0 Å². The first-order valence-corrected chi connectivity index (χ1v) is 8.79. The van der Waals surface area contributed by atoms with E-state index in [4.69, 9.17) is 0 Å². The largest absolute Gasteiger partial charge is 0.460 e. The van der Waals surface area contributed by atoms with Gasteiger partial charge in [-0.1, -0.05) is 13.8 Å². The Hall–Kier alpha value is -1.40. The van der Waals surface area contributed by atoms with Crippen LogP contribution in [0.2, 0.25) is 0 Å². The third-order valence-corrected chi connectivity index (χ3v) is 5.48. The molecule has 186 valence electrons. The van der Waals surface area contributed by atoms with Crippen molar-refractivity contribution in [2.45, 2.75) is 49.6 Å². The van der Waals surface area contributed by atoms with Crippen LogP contribution in [-0.4, -0.2) is 61.6 Å². The van der Waals surface area contributed by atoms with Gasteiger partial charge in [-0.05, 0) is 0 Å². The lowest BCUT2D eigenvalue weighted by Crippen LogP contribution is -2.70. The molecule has 3 nitrogen and oxygen atoms in total. The normalized spacial score (nSPS) is 16.6. The molecular formula is C12H10F15NO2S. The molecule has 0 aromatic carbocycles. The molecule has 0 aromatic heterocycles. The number of hydrogen-bond acceptors (Lipinski definition) is 2. The first kappa shape index (κ1) is 29.6. The number of allylic oxidation sites excluding steroid dienone is 1. The Balaban J connectivity index is 6.85. The van der Waals surface area contributed by atoms with E-state index in [1.54, 1.807) is 0 Å². The maximum absolute atomic E-state index is 13.6. The van der Waals surface area contributed by atoms with Gasteiger partial charge in [-0.15, -0.1) is 0 Å². The van der Waals surface area contributed by atoms with Gasteiger partial charge in [0.1, 0.15) is 0 Å². The molecule has 0 saturated heterocycles. The van der Waals surface area contributed by atoms with E-state index >= 15 is 0 Å². The molecule has 0 bridgehead atoms. The highest BCUT2D eigenvalue weighted by Gasteiger charge is 2.91. The summed E-state index contributed by atoms with van der Waals surface area (Å²) in [5.41, 5.74) is 0. The van der Waals surface area contributed by atoms with Crippen LogP contribution >= 0.6 is 0 Å². The zero-order chi connectivity index (χ0) is 25.6. The molecule has 0 aliphatic heterocycles. The predicted octanol–water partition coefficient (Wildman–Crippen LogP) is 5.50. The number of sulfonamides is 1. The van der Waals surface area contributed by atoms with Gasteiger partial charge in [0, 0.05) is 13.1 Å². The Kier molecular flexibility index (Phi) is 7.81. The minimum Gasteiger partial charge on any atom is -0.204 e. The Bertz CT molecular complexity index is 795. The summed E-state index contributed by atoms with van der Waals surface area (Å²) in [6.07, 6.45) is -7.68. The third kappa shape index (κ3) is 4.18. The summed E-state index contributed by atoms with van der Waals surface area (Å²) in [5.74, 6) is -45.2. The number of nitrogens with zero attached hydrogens (tertiary/aromatic N) is 1. The van der Waals surface area contributed by atoms with Crippen molar-refractivity contribution in [1.29, 1.82) is 0 Å². The van der Waals surface area contributed by atoms with E-state index in [0.29, 0.717) is 0 Å². The van der Waals surface area contributed by atoms with E-state index in [0.717, 1.165) is 13.8 Å².